The zero-order chi connectivity index (χ0) is 14.8. The molecular formula is C16H24N4O. The Hall–Kier alpha value is -1.62. The molecule has 114 valence electrons. The third kappa shape index (κ3) is 2.75. The number of aryl methyl sites for hydroxylation is 1. The highest BCUT2D eigenvalue weighted by atomic mass is 16.2. The molecule has 3 N–H and O–H groups in total. The van der Waals surface area contributed by atoms with Crippen molar-refractivity contribution in [1.82, 2.24) is 9.88 Å². The van der Waals surface area contributed by atoms with E-state index in [1.165, 1.54) is 25.7 Å². The van der Waals surface area contributed by atoms with Crippen molar-refractivity contribution < 1.29 is 4.79 Å². The Bertz CT molecular complexity index is 525. The average Bonchev–Trinajstić information content (AvgIpc) is 3.16. The number of hydrogen-bond donors (Lipinski definition) is 2. The van der Waals surface area contributed by atoms with Crippen LogP contribution >= 0.6 is 0 Å². The van der Waals surface area contributed by atoms with Crippen molar-refractivity contribution >= 4 is 11.6 Å². The van der Waals surface area contributed by atoms with Gasteiger partial charge in [-0.2, -0.15) is 0 Å². The van der Waals surface area contributed by atoms with Crippen LogP contribution in [0.1, 0.15) is 54.6 Å². The van der Waals surface area contributed by atoms with E-state index in [4.69, 9.17) is 5.84 Å². The average molecular weight is 288 g/mol. The first kappa shape index (κ1) is 14.3. The molecule has 21 heavy (non-hydrogen) atoms. The molecule has 1 aromatic heterocycles. The fourth-order valence-corrected chi connectivity index (χ4v) is 3.88. The molecule has 5 heteroatoms. The molecule has 2 aliphatic rings. The maximum atomic E-state index is 12.9. The highest BCUT2D eigenvalue weighted by Crippen LogP contribution is 2.36. The largest absolute Gasteiger partial charge is 0.335 e. The SMILES string of the molecule is Cc1cc(NN)c(C(=O)N2CCCC2C2CCCC2)cn1. The quantitative estimate of drug-likeness (QED) is 0.662. The lowest BCUT2D eigenvalue weighted by atomic mass is 9.95. The number of hydrazine groups is 1. The smallest absolute Gasteiger partial charge is 0.257 e. The van der Waals surface area contributed by atoms with Gasteiger partial charge in [-0.3, -0.25) is 15.6 Å². The Morgan fingerprint density at radius 2 is 2.10 bits per heavy atom. The molecular weight excluding hydrogens is 264 g/mol. The van der Waals surface area contributed by atoms with E-state index in [-0.39, 0.29) is 5.91 Å². The number of pyridine rings is 1. The van der Waals surface area contributed by atoms with Crippen molar-refractivity contribution in [3.05, 3.63) is 23.5 Å². The number of nitrogens with zero attached hydrogens (tertiary/aromatic N) is 2. The summed E-state index contributed by atoms with van der Waals surface area (Å²) in [6.45, 7) is 2.75. The molecule has 0 spiro atoms. The summed E-state index contributed by atoms with van der Waals surface area (Å²) in [5.74, 6) is 6.32. The summed E-state index contributed by atoms with van der Waals surface area (Å²) >= 11 is 0. The maximum absolute atomic E-state index is 12.9. The Balaban J connectivity index is 1.83. The first-order chi connectivity index (χ1) is 10.2. The summed E-state index contributed by atoms with van der Waals surface area (Å²) in [7, 11) is 0. The maximum Gasteiger partial charge on any atom is 0.257 e. The molecule has 2 fully saturated rings. The van der Waals surface area contributed by atoms with E-state index in [9.17, 15) is 4.79 Å². The Morgan fingerprint density at radius 3 is 2.81 bits per heavy atom. The molecule has 1 aliphatic carbocycles. The minimum absolute atomic E-state index is 0.0739. The lowest BCUT2D eigenvalue weighted by molar-refractivity contribution is 0.0689. The lowest BCUT2D eigenvalue weighted by Crippen LogP contribution is -2.39. The summed E-state index contributed by atoms with van der Waals surface area (Å²) in [6.07, 6.45) is 9.05. The molecule has 1 saturated heterocycles. The Kier molecular flexibility index (Phi) is 4.10. The lowest BCUT2D eigenvalue weighted by Gasteiger charge is -2.30. The second-order valence-corrected chi connectivity index (χ2v) is 6.27. The summed E-state index contributed by atoms with van der Waals surface area (Å²) in [6, 6.07) is 2.24. The monoisotopic (exact) mass is 288 g/mol. The van der Waals surface area contributed by atoms with Gasteiger partial charge in [-0.15, -0.1) is 0 Å². The van der Waals surface area contributed by atoms with Gasteiger partial charge >= 0.3 is 0 Å². The molecule has 5 nitrogen and oxygen atoms in total. The van der Waals surface area contributed by atoms with Gasteiger partial charge in [-0.05, 0) is 44.6 Å². The number of nitrogen functional groups attached to an aromatic ring is 1. The molecule has 1 aliphatic heterocycles. The van der Waals surface area contributed by atoms with Crippen LogP contribution < -0.4 is 11.3 Å². The van der Waals surface area contributed by atoms with Gasteiger partial charge in [0, 0.05) is 24.5 Å². The fourth-order valence-electron chi connectivity index (χ4n) is 3.88. The van der Waals surface area contributed by atoms with Crippen LogP contribution in [0, 0.1) is 12.8 Å². The van der Waals surface area contributed by atoms with Crippen LogP contribution in [0.2, 0.25) is 0 Å². The molecule has 1 saturated carbocycles. The van der Waals surface area contributed by atoms with Gasteiger partial charge < -0.3 is 10.3 Å². The molecule has 0 aromatic carbocycles. The molecule has 1 atom stereocenters. The van der Waals surface area contributed by atoms with Crippen molar-refractivity contribution in [2.24, 2.45) is 11.8 Å². The number of anilines is 1. The second-order valence-electron chi connectivity index (χ2n) is 6.27. The van der Waals surface area contributed by atoms with E-state index in [0.717, 1.165) is 25.1 Å². The fraction of sp³-hybridized carbons (Fsp3) is 0.625. The molecule has 0 bridgehead atoms. The van der Waals surface area contributed by atoms with E-state index in [2.05, 4.69) is 15.3 Å². The Morgan fingerprint density at radius 1 is 1.33 bits per heavy atom. The van der Waals surface area contributed by atoms with Gasteiger partial charge in [-0.1, -0.05) is 12.8 Å². The number of nitrogens with one attached hydrogen (secondary N) is 1. The van der Waals surface area contributed by atoms with Gasteiger partial charge in [0.05, 0.1) is 11.3 Å². The normalized spacial score (nSPS) is 22.8. The minimum atomic E-state index is 0.0739. The number of amides is 1. The van der Waals surface area contributed by atoms with Crippen molar-refractivity contribution in [1.29, 1.82) is 0 Å². The molecule has 3 rings (SSSR count). The first-order valence-corrected chi connectivity index (χ1v) is 7.95. The number of carbonyl (C=O) groups excluding carboxylic acids is 1. The molecule has 1 aromatic rings. The minimum Gasteiger partial charge on any atom is -0.335 e. The van der Waals surface area contributed by atoms with Crippen molar-refractivity contribution in [2.45, 2.75) is 51.5 Å². The highest BCUT2D eigenvalue weighted by molar-refractivity contribution is 5.99. The molecule has 2 heterocycles. The molecule has 1 amide bonds. The number of likely N-dealkylation sites (tertiary alicyclic amines) is 1. The van der Waals surface area contributed by atoms with Crippen LogP contribution in [-0.4, -0.2) is 28.4 Å². The van der Waals surface area contributed by atoms with Gasteiger partial charge in [0.1, 0.15) is 0 Å². The van der Waals surface area contributed by atoms with Crippen molar-refractivity contribution in [3.63, 3.8) is 0 Å². The zero-order valence-electron chi connectivity index (χ0n) is 12.6. The summed E-state index contributed by atoms with van der Waals surface area (Å²) in [5, 5.41) is 0. The van der Waals surface area contributed by atoms with E-state index < -0.39 is 0 Å². The van der Waals surface area contributed by atoms with Crippen LogP contribution in [0.4, 0.5) is 5.69 Å². The van der Waals surface area contributed by atoms with Crippen LogP contribution in [0.3, 0.4) is 0 Å². The van der Waals surface area contributed by atoms with Crippen LogP contribution in [0.25, 0.3) is 0 Å². The number of hydrogen-bond acceptors (Lipinski definition) is 4. The first-order valence-electron chi connectivity index (χ1n) is 7.95. The van der Waals surface area contributed by atoms with Crippen molar-refractivity contribution in [2.75, 3.05) is 12.0 Å². The summed E-state index contributed by atoms with van der Waals surface area (Å²) in [4.78, 5) is 19.2. The van der Waals surface area contributed by atoms with Crippen LogP contribution in [0.15, 0.2) is 12.3 Å². The highest BCUT2D eigenvalue weighted by Gasteiger charge is 2.36. The van der Waals surface area contributed by atoms with Crippen LogP contribution in [0.5, 0.6) is 0 Å². The van der Waals surface area contributed by atoms with E-state index in [0.29, 0.717) is 23.2 Å². The van der Waals surface area contributed by atoms with E-state index in [1.54, 1.807) is 6.20 Å². The third-order valence-electron chi connectivity index (χ3n) is 4.93. The van der Waals surface area contributed by atoms with Gasteiger partial charge in [0.2, 0.25) is 0 Å². The predicted molar refractivity (Wildman–Crippen MR) is 82.8 cm³/mol. The van der Waals surface area contributed by atoms with Gasteiger partial charge in [-0.25, -0.2) is 0 Å². The zero-order valence-corrected chi connectivity index (χ0v) is 12.6. The van der Waals surface area contributed by atoms with Gasteiger partial charge in [0.15, 0.2) is 0 Å². The van der Waals surface area contributed by atoms with E-state index in [1.807, 2.05) is 13.0 Å². The number of nitrogens with two attached hydrogens (primary N) is 1. The molecule has 0 radical (unpaired) electrons. The standard InChI is InChI=1S/C16H24N4O/c1-11-9-14(19-17)13(10-18-11)16(21)20-8-4-7-15(20)12-5-2-3-6-12/h9-10,12,15H,2-8,17H2,1H3,(H,18,19). The van der Waals surface area contributed by atoms with E-state index >= 15 is 0 Å². The van der Waals surface area contributed by atoms with Crippen LogP contribution in [-0.2, 0) is 0 Å². The Labute approximate surface area is 125 Å². The summed E-state index contributed by atoms with van der Waals surface area (Å²) < 4.78 is 0. The van der Waals surface area contributed by atoms with Crippen molar-refractivity contribution in [3.8, 4) is 0 Å². The summed E-state index contributed by atoms with van der Waals surface area (Å²) in [5.41, 5.74) is 4.75. The number of aromatic nitrogens is 1. The second kappa shape index (κ2) is 6.02. The predicted octanol–water partition coefficient (Wildman–Crippen LogP) is 2.47. The third-order valence-corrected chi connectivity index (χ3v) is 4.93. The number of carbonyl (C=O) groups is 1. The molecule has 1 unspecified atom stereocenters. The number of rotatable bonds is 3. The van der Waals surface area contributed by atoms with Gasteiger partial charge in [0.25, 0.3) is 5.91 Å². The topological polar surface area (TPSA) is 71.2 Å².